The molecule has 0 aromatic carbocycles. The van der Waals surface area contributed by atoms with Crippen LogP contribution in [0.5, 0.6) is 0 Å². The summed E-state index contributed by atoms with van der Waals surface area (Å²) < 4.78 is 1.64. The monoisotopic (exact) mass is 271 g/mol. The fraction of sp³-hybridized carbons (Fsp3) is 0.300. The quantitative estimate of drug-likeness (QED) is 0.872. The van der Waals surface area contributed by atoms with Crippen molar-refractivity contribution in [2.24, 2.45) is 7.05 Å². The second-order valence-electron chi connectivity index (χ2n) is 3.66. The van der Waals surface area contributed by atoms with Gasteiger partial charge in [-0.2, -0.15) is 0 Å². The molecule has 0 fully saturated rings. The van der Waals surface area contributed by atoms with Crippen molar-refractivity contribution in [3.05, 3.63) is 33.8 Å². The molecule has 0 aliphatic carbocycles. The highest BCUT2D eigenvalue weighted by molar-refractivity contribution is 6.34. The van der Waals surface area contributed by atoms with Gasteiger partial charge in [-0.15, -0.1) is 5.10 Å². The van der Waals surface area contributed by atoms with Crippen LogP contribution < -0.4 is 5.32 Å². The van der Waals surface area contributed by atoms with E-state index in [-0.39, 0.29) is 0 Å². The van der Waals surface area contributed by atoms with Crippen LogP contribution in [-0.4, -0.2) is 20.0 Å². The van der Waals surface area contributed by atoms with Gasteiger partial charge >= 0.3 is 0 Å². The zero-order chi connectivity index (χ0) is 12.4. The average Bonchev–Trinajstić information content (AvgIpc) is 2.62. The molecule has 0 amide bonds. The largest absolute Gasteiger partial charge is 0.377 e. The van der Waals surface area contributed by atoms with E-state index in [0.29, 0.717) is 16.9 Å². The van der Waals surface area contributed by atoms with E-state index >= 15 is 0 Å². The van der Waals surface area contributed by atoms with E-state index in [9.17, 15) is 0 Å². The summed E-state index contributed by atoms with van der Waals surface area (Å²) in [5.74, 6) is 0. The van der Waals surface area contributed by atoms with Gasteiger partial charge in [-0.3, -0.25) is 4.68 Å². The van der Waals surface area contributed by atoms with Gasteiger partial charge in [0, 0.05) is 13.2 Å². The van der Waals surface area contributed by atoms with E-state index in [4.69, 9.17) is 23.2 Å². The molecule has 2 heterocycles. The topological polar surface area (TPSA) is 55.6 Å². The Morgan fingerprint density at radius 2 is 2.18 bits per heavy atom. The number of aromatic nitrogens is 4. The number of anilines is 1. The van der Waals surface area contributed by atoms with Gasteiger partial charge in [-0.05, 0) is 18.6 Å². The molecule has 0 aliphatic rings. The fourth-order valence-electron chi connectivity index (χ4n) is 1.46. The Kier molecular flexibility index (Phi) is 3.49. The molecule has 0 unspecified atom stereocenters. The number of halogens is 2. The molecule has 2 rings (SSSR count). The van der Waals surface area contributed by atoms with Gasteiger partial charge in [0.1, 0.15) is 10.8 Å². The molecule has 5 nitrogen and oxygen atoms in total. The van der Waals surface area contributed by atoms with Gasteiger partial charge in [-0.1, -0.05) is 28.4 Å². The van der Waals surface area contributed by atoms with Crippen LogP contribution in [0.1, 0.15) is 11.3 Å². The Morgan fingerprint density at radius 1 is 1.41 bits per heavy atom. The number of aryl methyl sites for hydroxylation is 2. The van der Waals surface area contributed by atoms with Gasteiger partial charge in [0.2, 0.25) is 0 Å². The van der Waals surface area contributed by atoms with Crippen LogP contribution in [0, 0.1) is 6.92 Å². The molecular formula is C10H11Cl2N5. The Hall–Kier alpha value is -1.33. The van der Waals surface area contributed by atoms with Crippen molar-refractivity contribution in [3.8, 4) is 0 Å². The van der Waals surface area contributed by atoms with Crippen LogP contribution in [0.15, 0.2) is 12.3 Å². The van der Waals surface area contributed by atoms with Crippen LogP contribution in [0.25, 0.3) is 0 Å². The summed E-state index contributed by atoms with van der Waals surface area (Å²) in [6.45, 7) is 2.45. The molecule has 0 radical (unpaired) electrons. The second kappa shape index (κ2) is 4.89. The van der Waals surface area contributed by atoms with Crippen molar-refractivity contribution in [3.63, 3.8) is 0 Å². The summed E-state index contributed by atoms with van der Waals surface area (Å²) in [5, 5.41) is 11.7. The zero-order valence-corrected chi connectivity index (χ0v) is 10.9. The standard InChI is InChI=1S/C10H11Cl2N5/c1-6-3-8(11)14-10(12)9(6)13-4-7-5-17(2)16-15-7/h3,5,13H,4H2,1-2H3. The highest BCUT2D eigenvalue weighted by atomic mass is 35.5. The normalized spacial score (nSPS) is 10.6. The number of hydrogen-bond acceptors (Lipinski definition) is 4. The van der Waals surface area contributed by atoms with Crippen LogP contribution in [-0.2, 0) is 13.6 Å². The van der Waals surface area contributed by atoms with Gasteiger partial charge < -0.3 is 5.32 Å². The van der Waals surface area contributed by atoms with E-state index in [1.807, 2.05) is 20.2 Å². The first-order valence-corrected chi connectivity index (χ1v) is 5.73. The maximum Gasteiger partial charge on any atom is 0.154 e. The van der Waals surface area contributed by atoms with E-state index in [1.165, 1.54) is 0 Å². The number of hydrogen-bond donors (Lipinski definition) is 1. The van der Waals surface area contributed by atoms with Gasteiger partial charge in [0.05, 0.1) is 12.2 Å². The minimum atomic E-state index is 0.360. The van der Waals surface area contributed by atoms with E-state index in [1.54, 1.807) is 10.7 Å². The first kappa shape index (κ1) is 12.1. The average molecular weight is 272 g/mol. The minimum absolute atomic E-state index is 0.360. The summed E-state index contributed by atoms with van der Waals surface area (Å²) in [4.78, 5) is 3.98. The number of rotatable bonds is 3. The third-order valence-corrected chi connectivity index (χ3v) is 2.70. The molecule has 0 aliphatic heterocycles. The Morgan fingerprint density at radius 3 is 2.76 bits per heavy atom. The van der Waals surface area contributed by atoms with Crippen molar-refractivity contribution >= 4 is 28.9 Å². The summed E-state index contributed by atoms with van der Waals surface area (Å²) in [6.07, 6.45) is 1.83. The lowest BCUT2D eigenvalue weighted by molar-refractivity contribution is 0.713. The smallest absolute Gasteiger partial charge is 0.154 e. The van der Waals surface area contributed by atoms with Crippen LogP contribution in [0.2, 0.25) is 10.3 Å². The molecular weight excluding hydrogens is 261 g/mol. The first-order chi connectivity index (χ1) is 8.06. The van der Waals surface area contributed by atoms with Crippen LogP contribution in [0.3, 0.4) is 0 Å². The summed E-state index contributed by atoms with van der Waals surface area (Å²) >= 11 is 11.8. The highest BCUT2D eigenvalue weighted by Gasteiger charge is 2.08. The van der Waals surface area contributed by atoms with Gasteiger partial charge in [0.15, 0.2) is 5.15 Å². The second-order valence-corrected chi connectivity index (χ2v) is 4.41. The number of pyridine rings is 1. The van der Waals surface area contributed by atoms with Crippen molar-refractivity contribution in [2.75, 3.05) is 5.32 Å². The van der Waals surface area contributed by atoms with Crippen molar-refractivity contribution < 1.29 is 0 Å². The summed E-state index contributed by atoms with van der Waals surface area (Å²) in [7, 11) is 1.82. The maximum absolute atomic E-state index is 6.01. The SMILES string of the molecule is Cc1cc(Cl)nc(Cl)c1NCc1cn(C)nn1. The summed E-state index contributed by atoms with van der Waals surface area (Å²) in [6, 6.07) is 1.76. The number of nitrogens with zero attached hydrogens (tertiary/aromatic N) is 4. The molecule has 2 aromatic rings. The third kappa shape index (κ3) is 2.87. The van der Waals surface area contributed by atoms with Gasteiger partial charge in [-0.25, -0.2) is 4.98 Å². The van der Waals surface area contributed by atoms with Crippen LogP contribution in [0.4, 0.5) is 5.69 Å². The lowest BCUT2D eigenvalue weighted by Gasteiger charge is -2.09. The van der Waals surface area contributed by atoms with Crippen molar-refractivity contribution in [2.45, 2.75) is 13.5 Å². The lowest BCUT2D eigenvalue weighted by atomic mass is 10.2. The third-order valence-electron chi connectivity index (χ3n) is 2.24. The Bertz CT molecular complexity index is 514. The Balaban J connectivity index is 2.14. The van der Waals surface area contributed by atoms with Gasteiger partial charge in [0.25, 0.3) is 0 Å². The zero-order valence-electron chi connectivity index (χ0n) is 9.41. The van der Waals surface area contributed by atoms with Crippen LogP contribution >= 0.6 is 23.2 Å². The highest BCUT2D eigenvalue weighted by Crippen LogP contribution is 2.26. The molecule has 0 atom stereocenters. The van der Waals surface area contributed by atoms with E-state index < -0.39 is 0 Å². The predicted molar refractivity (Wildman–Crippen MR) is 67.3 cm³/mol. The molecule has 0 saturated carbocycles. The van der Waals surface area contributed by atoms with Crippen molar-refractivity contribution in [1.82, 2.24) is 20.0 Å². The molecule has 0 bridgehead atoms. The molecule has 2 aromatic heterocycles. The lowest BCUT2D eigenvalue weighted by Crippen LogP contribution is -2.03. The Labute approximate surface area is 109 Å². The molecule has 17 heavy (non-hydrogen) atoms. The molecule has 0 spiro atoms. The molecule has 90 valence electrons. The number of nitrogens with one attached hydrogen (secondary N) is 1. The summed E-state index contributed by atoms with van der Waals surface area (Å²) in [5.41, 5.74) is 2.54. The first-order valence-electron chi connectivity index (χ1n) is 4.98. The molecule has 0 saturated heterocycles. The molecule has 1 N–H and O–H groups in total. The fourth-order valence-corrected chi connectivity index (χ4v) is 2.06. The maximum atomic E-state index is 6.01. The van der Waals surface area contributed by atoms with E-state index in [0.717, 1.165) is 16.9 Å². The predicted octanol–water partition coefficient (Wildman–Crippen LogP) is 2.44. The van der Waals surface area contributed by atoms with Crippen molar-refractivity contribution in [1.29, 1.82) is 0 Å². The minimum Gasteiger partial charge on any atom is -0.377 e. The molecule has 7 heteroatoms. The van der Waals surface area contributed by atoms with E-state index in [2.05, 4.69) is 20.6 Å².